The van der Waals surface area contributed by atoms with Crippen LogP contribution in [-0.4, -0.2) is 42.5 Å². The third-order valence-electron chi connectivity index (χ3n) is 4.68. The van der Waals surface area contributed by atoms with Crippen molar-refractivity contribution in [1.82, 2.24) is 34.8 Å². The summed E-state index contributed by atoms with van der Waals surface area (Å²) < 4.78 is 6.37. The van der Waals surface area contributed by atoms with Gasteiger partial charge in [0.25, 0.3) is 5.56 Å². The van der Waals surface area contributed by atoms with Crippen LogP contribution in [0, 0.1) is 0 Å². The van der Waals surface area contributed by atoms with Gasteiger partial charge in [-0.05, 0) is 24.6 Å². The lowest BCUT2D eigenvalue weighted by Crippen LogP contribution is -2.34. The molecule has 0 saturated heterocycles. The summed E-state index contributed by atoms with van der Waals surface area (Å²) in [6, 6.07) is 7.16. The fourth-order valence-electron chi connectivity index (χ4n) is 3.02. The van der Waals surface area contributed by atoms with Gasteiger partial charge in [-0.25, -0.2) is 19.9 Å². The first-order valence-corrected chi connectivity index (χ1v) is 9.47. The molecule has 0 fully saturated rings. The number of nitrogens with one attached hydrogen (secondary N) is 1. The van der Waals surface area contributed by atoms with E-state index in [1.54, 1.807) is 13.3 Å². The summed E-state index contributed by atoms with van der Waals surface area (Å²) in [7, 11) is 1.59. The fourth-order valence-corrected chi connectivity index (χ4v) is 3.02. The van der Waals surface area contributed by atoms with Crippen molar-refractivity contribution in [2.45, 2.75) is 19.5 Å². The molecular formula is C21H19N7O3. The van der Waals surface area contributed by atoms with Gasteiger partial charge in [0.2, 0.25) is 5.91 Å². The van der Waals surface area contributed by atoms with Gasteiger partial charge in [0.1, 0.15) is 29.7 Å². The van der Waals surface area contributed by atoms with Crippen LogP contribution in [0.3, 0.4) is 0 Å². The molecule has 4 aromatic rings. The number of benzene rings is 1. The second-order valence-corrected chi connectivity index (χ2v) is 6.76. The van der Waals surface area contributed by atoms with E-state index in [1.807, 2.05) is 31.2 Å². The Morgan fingerprint density at radius 3 is 2.65 bits per heavy atom. The molecule has 3 heterocycles. The minimum absolute atomic E-state index is 0.172. The van der Waals surface area contributed by atoms with E-state index in [4.69, 9.17) is 4.74 Å². The minimum Gasteiger partial charge on any atom is -0.497 e. The fraction of sp³-hybridized carbons (Fsp3) is 0.190. The SMILES string of the molecule is COc1ccc(C(C)NC(=O)Cn2cnc3nc(-c4cnccn4)ncc3c2=O)cc1. The maximum Gasteiger partial charge on any atom is 0.264 e. The van der Waals surface area contributed by atoms with Crippen molar-refractivity contribution < 1.29 is 9.53 Å². The number of fused-ring (bicyclic) bond motifs is 1. The molecule has 0 saturated carbocycles. The van der Waals surface area contributed by atoms with E-state index in [9.17, 15) is 9.59 Å². The molecule has 0 radical (unpaired) electrons. The van der Waals surface area contributed by atoms with Gasteiger partial charge in [-0.3, -0.25) is 19.1 Å². The highest BCUT2D eigenvalue weighted by atomic mass is 16.5. The molecule has 0 bridgehead atoms. The van der Waals surface area contributed by atoms with Crippen LogP contribution >= 0.6 is 0 Å². The molecule has 31 heavy (non-hydrogen) atoms. The molecule has 0 aliphatic rings. The first kappa shape index (κ1) is 20.1. The van der Waals surface area contributed by atoms with Crippen molar-refractivity contribution in [1.29, 1.82) is 0 Å². The van der Waals surface area contributed by atoms with Gasteiger partial charge in [0.05, 0.1) is 19.3 Å². The van der Waals surface area contributed by atoms with Crippen molar-refractivity contribution in [3.8, 4) is 17.3 Å². The smallest absolute Gasteiger partial charge is 0.264 e. The summed E-state index contributed by atoms with van der Waals surface area (Å²) in [5, 5.41) is 3.09. The molecule has 10 nitrogen and oxygen atoms in total. The van der Waals surface area contributed by atoms with Crippen LogP contribution in [0.25, 0.3) is 22.6 Å². The summed E-state index contributed by atoms with van der Waals surface area (Å²) in [4.78, 5) is 46.0. The average Bonchev–Trinajstić information content (AvgIpc) is 2.81. The number of carbonyl (C=O) groups excluding carboxylic acids is 1. The van der Waals surface area contributed by atoms with Crippen molar-refractivity contribution in [3.05, 3.63) is 71.3 Å². The number of rotatable bonds is 6. The highest BCUT2D eigenvalue weighted by Crippen LogP contribution is 2.17. The zero-order chi connectivity index (χ0) is 21.8. The molecule has 3 aromatic heterocycles. The summed E-state index contributed by atoms with van der Waals surface area (Å²) in [6.45, 7) is 1.69. The number of aromatic nitrogens is 6. The number of hydrogen-bond acceptors (Lipinski definition) is 8. The topological polar surface area (TPSA) is 125 Å². The standard InChI is InChI=1S/C21H19N7O3/c1-13(14-3-5-15(31-2)6-4-14)26-18(29)11-28-12-25-19-16(21(28)30)9-24-20(27-19)17-10-22-7-8-23-17/h3-10,12-13H,11H2,1-2H3,(H,26,29). The number of methoxy groups -OCH3 is 1. The Bertz CT molecular complexity index is 1270. The van der Waals surface area contributed by atoms with Gasteiger partial charge in [0, 0.05) is 18.6 Å². The van der Waals surface area contributed by atoms with E-state index >= 15 is 0 Å². The molecule has 1 amide bonds. The number of hydrogen-bond donors (Lipinski definition) is 1. The molecule has 0 spiro atoms. The lowest BCUT2D eigenvalue weighted by atomic mass is 10.1. The Balaban J connectivity index is 1.50. The second kappa shape index (κ2) is 8.66. The minimum atomic E-state index is -0.400. The normalized spacial score (nSPS) is 11.8. The first-order valence-electron chi connectivity index (χ1n) is 9.47. The summed E-state index contributed by atoms with van der Waals surface area (Å²) in [6.07, 6.45) is 7.28. The molecular weight excluding hydrogens is 398 g/mol. The van der Waals surface area contributed by atoms with E-state index in [1.165, 1.54) is 29.5 Å². The Kier molecular flexibility index (Phi) is 5.61. The maximum atomic E-state index is 12.8. The van der Waals surface area contributed by atoms with E-state index < -0.39 is 5.56 Å². The molecule has 0 aliphatic carbocycles. The predicted molar refractivity (Wildman–Crippen MR) is 112 cm³/mol. The number of nitrogens with zero attached hydrogens (tertiary/aromatic N) is 6. The van der Waals surface area contributed by atoms with Crippen molar-refractivity contribution >= 4 is 16.9 Å². The summed E-state index contributed by atoms with van der Waals surface area (Å²) >= 11 is 0. The van der Waals surface area contributed by atoms with Gasteiger partial charge in [-0.2, -0.15) is 0 Å². The Morgan fingerprint density at radius 1 is 1.13 bits per heavy atom. The number of amides is 1. The van der Waals surface area contributed by atoms with Crippen molar-refractivity contribution in [2.24, 2.45) is 0 Å². The highest BCUT2D eigenvalue weighted by Gasteiger charge is 2.14. The zero-order valence-electron chi connectivity index (χ0n) is 16.9. The molecule has 0 aliphatic heterocycles. The van der Waals surface area contributed by atoms with Crippen LogP contribution in [-0.2, 0) is 11.3 Å². The van der Waals surface area contributed by atoms with Crippen LogP contribution in [0.15, 0.2) is 60.2 Å². The maximum absolute atomic E-state index is 12.8. The molecule has 1 aromatic carbocycles. The molecule has 1 unspecified atom stereocenters. The Hall–Kier alpha value is -4.21. The molecule has 1 N–H and O–H groups in total. The average molecular weight is 417 g/mol. The van der Waals surface area contributed by atoms with Crippen LogP contribution in [0.5, 0.6) is 5.75 Å². The van der Waals surface area contributed by atoms with Gasteiger partial charge < -0.3 is 10.1 Å². The third kappa shape index (κ3) is 4.37. The van der Waals surface area contributed by atoms with Gasteiger partial charge >= 0.3 is 0 Å². The van der Waals surface area contributed by atoms with E-state index in [2.05, 4.69) is 30.2 Å². The van der Waals surface area contributed by atoms with E-state index in [0.29, 0.717) is 11.5 Å². The largest absolute Gasteiger partial charge is 0.497 e. The summed E-state index contributed by atoms with van der Waals surface area (Å²) in [5.41, 5.74) is 1.22. The quantitative estimate of drug-likeness (QED) is 0.501. The van der Waals surface area contributed by atoms with Crippen LogP contribution in [0.2, 0.25) is 0 Å². The van der Waals surface area contributed by atoms with E-state index in [-0.39, 0.29) is 29.5 Å². The summed E-state index contributed by atoms with van der Waals surface area (Å²) in [5.74, 6) is 0.737. The van der Waals surface area contributed by atoms with Gasteiger partial charge in [-0.15, -0.1) is 0 Å². The number of ether oxygens (including phenoxy) is 1. The van der Waals surface area contributed by atoms with E-state index in [0.717, 1.165) is 11.3 Å². The molecule has 10 heteroatoms. The van der Waals surface area contributed by atoms with Crippen molar-refractivity contribution in [3.63, 3.8) is 0 Å². The first-order chi connectivity index (χ1) is 15.0. The van der Waals surface area contributed by atoms with Gasteiger partial charge in [0.15, 0.2) is 11.5 Å². The zero-order valence-corrected chi connectivity index (χ0v) is 16.9. The molecule has 4 rings (SSSR count). The van der Waals surface area contributed by atoms with Crippen LogP contribution < -0.4 is 15.6 Å². The Labute approximate surface area is 177 Å². The lowest BCUT2D eigenvalue weighted by molar-refractivity contribution is -0.122. The predicted octanol–water partition coefficient (Wildman–Crippen LogP) is 1.53. The van der Waals surface area contributed by atoms with Crippen molar-refractivity contribution in [2.75, 3.05) is 7.11 Å². The highest BCUT2D eigenvalue weighted by molar-refractivity contribution is 5.77. The third-order valence-corrected chi connectivity index (χ3v) is 4.68. The molecule has 1 atom stereocenters. The van der Waals surface area contributed by atoms with Crippen LogP contribution in [0.4, 0.5) is 0 Å². The monoisotopic (exact) mass is 417 g/mol. The lowest BCUT2D eigenvalue weighted by Gasteiger charge is -2.15. The Morgan fingerprint density at radius 2 is 1.94 bits per heavy atom. The van der Waals surface area contributed by atoms with Gasteiger partial charge in [-0.1, -0.05) is 12.1 Å². The second-order valence-electron chi connectivity index (χ2n) is 6.76. The number of carbonyl (C=O) groups is 1. The molecule has 156 valence electrons. The van der Waals surface area contributed by atoms with Crippen LogP contribution in [0.1, 0.15) is 18.5 Å².